The Bertz CT molecular complexity index is 922. The van der Waals surface area contributed by atoms with Crippen LogP contribution in [0.25, 0.3) is 0 Å². The largest absolute Gasteiger partial charge is 0.497 e. The van der Waals surface area contributed by atoms with Crippen LogP contribution in [-0.4, -0.2) is 22.6 Å². The predicted molar refractivity (Wildman–Crippen MR) is 124 cm³/mol. The molecule has 0 atom stereocenters. The van der Waals surface area contributed by atoms with E-state index in [-0.39, 0.29) is 0 Å². The molecule has 2 aromatic carbocycles. The van der Waals surface area contributed by atoms with Gasteiger partial charge in [0.1, 0.15) is 5.75 Å². The summed E-state index contributed by atoms with van der Waals surface area (Å²) in [6.45, 7) is 5.03. The Morgan fingerprint density at radius 2 is 1.70 bits per heavy atom. The number of hydrogen-bond acceptors (Lipinski definition) is 2. The molecular formula is C27H34N2O. The highest BCUT2D eigenvalue weighted by Gasteiger charge is 2.22. The molecule has 1 aromatic heterocycles. The molecule has 0 bridgehead atoms. The Kier molecular flexibility index (Phi) is 6.91. The number of rotatable bonds is 8. The van der Waals surface area contributed by atoms with Gasteiger partial charge in [0.2, 0.25) is 0 Å². The third kappa shape index (κ3) is 5.34. The van der Waals surface area contributed by atoms with Gasteiger partial charge >= 0.3 is 0 Å². The van der Waals surface area contributed by atoms with Gasteiger partial charge in [0, 0.05) is 37.6 Å². The summed E-state index contributed by atoms with van der Waals surface area (Å²) in [4.78, 5) is 2.69. The van der Waals surface area contributed by atoms with Gasteiger partial charge in [-0.25, -0.2) is 0 Å². The first kappa shape index (κ1) is 20.7. The number of hydrogen-bond donors (Lipinski definition) is 0. The molecule has 0 spiro atoms. The van der Waals surface area contributed by atoms with E-state index in [1.165, 1.54) is 54.5 Å². The molecule has 1 saturated carbocycles. The van der Waals surface area contributed by atoms with Crippen LogP contribution >= 0.6 is 0 Å². The standard InChI is InChI=1S/C27H34N2O/c1-22-13-15-23(16-14-22)19-28-17-7-11-26(28)21-29(25-9-4-3-5-10-25)20-24-8-6-12-27(18-24)30-2/h6-8,11-18,25H,3-5,9-10,19-21H2,1-2H3. The lowest BCUT2D eigenvalue weighted by Crippen LogP contribution is -2.36. The first-order chi connectivity index (χ1) is 14.7. The maximum atomic E-state index is 5.46. The van der Waals surface area contributed by atoms with Crippen molar-refractivity contribution in [3.8, 4) is 5.75 Å². The molecule has 1 aliphatic rings. The predicted octanol–water partition coefficient (Wildman–Crippen LogP) is 6.19. The summed E-state index contributed by atoms with van der Waals surface area (Å²) in [6, 6.07) is 22.6. The maximum absolute atomic E-state index is 5.46. The van der Waals surface area contributed by atoms with Crippen LogP contribution < -0.4 is 4.74 Å². The smallest absolute Gasteiger partial charge is 0.119 e. The monoisotopic (exact) mass is 402 g/mol. The first-order valence-corrected chi connectivity index (χ1v) is 11.3. The molecule has 30 heavy (non-hydrogen) atoms. The van der Waals surface area contributed by atoms with Crippen molar-refractivity contribution >= 4 is 0 Å². The van der Waals surface area contributed by atoms with Crippen LogP contribution in [-0.2, 0) is 19.6 Å². The summed E-state index contributed by atoms with van der Waals surface area (Å²) >= 11 is 0. The summed E-state index contributed by atoms with van der Waals surface area (Å²) in [7, 11) is 1.75. The second-order valence-corrected chi connectivity index (χ2v) is 8.66. The fourth-order valence-corrected chi connectivity index (χ4v) is 4.61. The first-order valence-electron chi connectivity index (χ1n) is 11.3. The van der Waals surface area contributed by atoms with Gasteiger partial charge in [0.25, 0.3) is 0 Å². The zero-order valence-corrected chi connectivity index (χ0v) is 18.4. The van der Waals surface area contributed by atoms with Crippen LogP contribution in [0, 0.1) is 6.92 Å². The average molecular weight is 403 g/mol. The van der Waals surface area contributed by atoms with Gasteiger partial charge in [-0.05, 0) is 55.2 Å². The SMILES string of the molecule is COc1cccc(CN(Cc2cccn2Cc2ccc(C)cc2)C2CCCCC2)c1. The number of methoxy groups -OCH3 is 1. The van der Waals surface area contributed by atoms with E-state index in [1.54, 1.807) is 7.11 Å². The molecule has 1 fully saturated rings. The highest BCUT2D eigenvalue weighted by atomic mass is 16.5. The average Bonchev–Trinajstić information content (AvgIpc) is 3.22. The van der Waals surface area contributed by atoms with Crippen LogP contribution in [0.15, 0.2) is 66.9 Å². The molecule has 0 aliphatic heterocycles. The number of ether oxygens (including phenoxy) is 1. The van der Waals surface area contributed by atoms with Gasteiger partial charge in [-0.2, -0.15) is 0 Å². The van der Waals surface area contributed by atoms with Gasteiger partial charge in [0.15, 0.2) is 0 Å². The summed E-state index contributed by atoms with van der Waals surface area (Å²) in [6.07, 6.45) is 8.92. The van der Waals surface area contributed by atoms with Crippen molar-refractivity contribution < 1.29 is 4.74 Å². The summed E-state index contributed by atoms with van der Waals surface area (Å²) in [5, 5.41) is 0. The minimum atomic E-state index is 0.660. The topological polar surface area (TPSA) is 17.4 Å². The normalized spacial score (nSPS) is 14.9. The second-order valence-electron chi connectivity index (χ2n) is 8.66. The molecular weight excluding hydrogens is 368 g/mol. The highest BCUT2D eigenvalue weighted by Crippen LogP contribution is 2.27. The molecule has 3 heteroatoms. The summed E-state index contributed by atoms with van der Waals surface area (Å²) in [5.74, 6) is 0.943. The molecule has 3 aromatic rings. The zero-order valence-electron chi connectivity index (χ0n) is 18.4. The van der Waals surface area contributed by atoms with Crippen LogP contribution in [0.4, 0.5) is 0 Å². The Morgan fingerprint density at radius 1 is 0.900 bits per heavy atom. The fourth-order valence-electron chi connectivity index (χ4n) is 4.61. The second kappa shape index (κ2) is 9.99. The molecule has 0 unspecified atom stereocenters. The number of nitrogens with zero attached hydrogens (tertiary/aromatic N) is 2. The van der Waals surface area contributed by atoms with Gasteiger partial charge in [-0.15, -0.1) is 0 Å². The Hall–Kier alpha value is -2.52. The molecule has 158 valence electrons. The van der Waals surface area contributed by atoms with Crippen molar-refractivity contribution in [3.05, 3.63) is 89.2 Å². The van der Waals surface area contributed by atoms with Crippen LogP contribution in [0.2, 0.25) is 0 Å². The summed E-state index contributed by atoms with van der Waals surface area (Å²) < 4.78 is 7.87. The zero-order chi connectivity index (χ0) is 20.8. The Labute approximate surface area is 181 Å². The third-order valence-corrected chi connectivity index (χ3v) is 6.37. The molecule has 0 amide bonds. The van der Waals surface area contributed by atoms with Gasteiger partial charge in [-0.3, -0.25) is 4.90 Å². The van der Waals surface area contributed by atoms with Gasteiger partial charge < -0.3 is 9.30 Å². The van der Waals surface area contributed by atoms with Crippen LogP contribution in [0.3, 0.4) is 0 Å². The van der Waals surface area contributed by atoms with Gasteiger partial charge in [0.05, 0.1) is 7.11 Å². The van der Waals surface area contributed by atoms with Crippen molar-refractivity contribution in [1.82, 2.24) is 9.47 Å². The quantitative estimate of drug-likeness (QED) is 0.447. The van der Waals surface area contributed by atoms with Crippen LogP contribution in [0.1, 0.15) is 54.5 Å². The van der Waals surface area contributed by atoms with E-state index < -0.39 is 0 Å². The lowest BCUT2D eigenvalue weighted by Gasteiger charge is -2.34. The number of aromatic nitrogens is 1. The summed E-state index contributed by atoms with van der Waals surface area (Å²) in [5.41, 5.74) is 5.39. The van der Waals surface area contributed by atoms with Crippen molar-refractivity contribution in [3.63, 3.8) is 0 Å². The van der Waals surface area contributed by atoms with Crippen molar-refractivity contribution in [1.29, 1.82) is 0 Å². The van der Waals surface area contributed by atoms with E-state index in [0.29, 0.717) is 6.04 Å². The minimum Gasteiger partial charge on any atom is -0.497 e. The van der Waals surface area contributed by atoms with E-state index in [4.69, 9.17) is 4.74 Å². The van der Waals surface area contributed by atoms with E-state index in [2.05, 4.69) is 77.2 Å². The van der Waals surface area contributed by atoms with Crippen molar-refractivity contribution in [2.24, 2.45) is 0 Å². The lowest BCUT2D eigenvalue weighted by molar-refractivity contribution is 0.136. The van der Waals surface area contributed by atoms with E-state index in [0.717, 1.165) is 25.4 Å². The maximum Gasteiger partial charge on any atom is 0.119 e. The third-order valence-electron chi connectivity index (χ3n) is 6.37. The molecule has 1 heterocycles. The van der Waals surface area contributed by atoms with Crippen molar-refractivity contribution in [2.75, 3.05) is 7.11 Å². The minimum absolute atomic E-state index is 0.660. The molecule has 3 nitrogen and oxygen atoms in total. The fraction of sp³-hybridized carbons (Fsp3) is 0.407. The molecule has 0 saturated heterocycles. The number of benzene rings is 2. The van der Waals surface area contributed by atoms with Crippen molar-refractivity contribution in [2.45, 2.75) is 64.7 Å². The van der Waals surface area contributed by atoms with E-state index in [9.17, 15) is 0 Å². The molecule has 4 rings (SSSR count). The van der Waals surface area contributed by atoms with Gasteiger partial charge in [-0.1, -0.05) is 61.2 Å². The lowest BCUT2D eigenvalue weighted by atomic mass is 9.93. The van der Waals surface area contributed by atoms with E-state index >= 15 is 0 Å². The number of aryl methyl sites for hydroxylation is 1. The van der Waals surface area contributed by atoms with E-state index in [1.807, 2.05) is 6.07 Å². The molecule has 0 N–H and O–H groups in total. The Balaban J connectivity index is 1.53. The molecule has 1 aliphatic carbocycles. The molecule has 0 radical (unpaired) electrons. The van der Waals surface area contributed by atoms with Crippen LogP contribution in [0.5, 0.6) is 5.75 Å². The Morgan fingerprint density at radius 3 is 2.47 bits per heavy atom. The highest BCUT2D eigenvalue weighted by molar-refractivity contribution is 5.28.